The van der Waals surface area contributed by atoms with Crippen LogP contribution in [0.15, 0.2) is 0 Å². The van der Waals surface area contributed by atoms with Crippen molar-refractivity contribution in [2.24, 2.45) is 11.7 Å². The Hall–Kier alpha value is -0.650. The molecule has 122 valence electrons. The van der Waals surface area contributed by atoms with E-state index in [1.807, 2.05) is 0 Å². The maximum absolute atomic E-state index is 12.2. The van der Waals surface area contributed by atoms with E-state index in [9.17, 15) is 4.79 Å². The molecular weight excluding hydrogens is 266 g/mol. The van der Waals surface area contributed by atoms with Gasteiger partial charge in [0.2, 0.25) is 5.91 Å². The first kappa shape index (κ1) is 16.7. The van der Waals surface area contributed by atoms with Gasteiger partial charge >= 0.3 is 0 Å². The molecule has 1 amide bonds. The Balaban J connectivity index is 1.79. The van der Waals surface area contributed by atoms with Crippen LogP contribution in [-0.2, 0) is 9.53 Å². The Morgan fingerprint density at radius 1 is 1.24 bits per heavy atom. The summed E-state index contributed by atoms with van der Waals surface area (Å²) in [4.78, 5) is 14.5. The molecule has 0 aromatic heterocycles. The molecule has 0 aromatic carbocycles. The van der Waals surface area contributed by atoms with Crippen LogP contribution in [0.2, 0.25) is 0 Å². The van der Waals surface area contributed by atoms with Crippen molar-refractivity contribution in [3.8, 4) is 0 Å². The van der Waals surface area contributed by atoms with Crippen molar-refractivity contribution in [3.05, 3.63) is 0 Å². The van der Waals surface area contributed by atoms with Gasteiger partial charge in [0.15, 0.2) is 0 Å². The van der Waals surface area contributed by atoms with Crippen molar-refractivity contribution in [2.45, 2.75) is 63.2 Å². The number of nitrogens with two attached hydrogens (primary N) is 1. The fourth-order valence-corrected chi connectivity index (χ4v) is 3.68. The number of amides is 1. The van der Waals surface area contributed by atoms with Gasteiger partial charge < -0.3 is 20.7 Å². The minimum Gasteiger partial charge on any atom is -0.364 e. The highest BCUT2D eigenvalue weighted by Gasteiger charge is 2.31. The maximum Gasteiger partial charge on any atom is 0.249 e. The zero-order valence-corrected chi connectivity index (χ0v) is 13.5. The normalized spacial score (nSPS) is 28.8. The van der Waals surface area contributed by atoms with E-state index in [2.05, 4.69) is 24.3 Å². The summed E-state index contributed by atoms with van der Waals surface area (Å²) in [5, 5.41) is 3.10. The number of hydrogen-bond donors (Lipinski definition) is 2. The van der Waals surface area contributed by atoms with Gasteiger partial charge in [0.05, 0.1) is 6.10 Å². The quantitative estimate of drug-likeness (QED) is 0.771. The predicted octanol–water partition coefficient (Wildman–Crippen LogP) is 1.12. The van der Waals surface area contributed by atoms with Crippen molar-refractivity contribution >= 4 is 5.91 Å². The van der Waals surface area contributed by atoms with Gasteiger partial charge in [0.25, 0.3) is 0 Å². The van der Waals surface area contributed by atoms with Gasteiger partial charge in [-0.25, -0.2) is 0 Å². The third-order valence-corrected chi connectivity index (χ3v) is 5.01. The van der Waals surface area contributed by atoms with Crippen LogP contribution in [0, 0.1) is 5.92 Å². The van der Waals surface area contributed by atoms with E-state index < -0.39 is 0 Å². The van der Waals surface area contributed by atoms with Gasteiger partial charge in [0.1, 0.15) is 6.10 Å². The number of ether oxygens (including phenoxy) is 1. The van der Waals surface area contributed by atoms with Gasteiger partial charge in [-0.2, -0.15) is 0 Å². The first-order valence-corrected chi connectivity index (χ1v) is 8.41. The number of nitrogens with zero attached hydrogens (tertiary/aromatic N) is 1. The SMILES string of the molecule is CN(C)C(CNC(=O)[C@@H]1CC[C@H](CN)O1)C1CCCCC1. The van der Waals surface area contributed by atoms with E-state index in [4.69, 9.17) is 10.5 Å². The summed E-state index contributed by atoms with van der Waals surface area (Å²) >= 11 is 0. The highest BCUT2D eigenvalue weighted by molar-refractivity contribution is 5.81. The lowest BCUT2D eigenvalue weighted by Gasteiger charge is -2.35. The topological polar surface area (TPSA) is 67.6 Å². The molecule has 3 N–H and O–H groups in total. The van der Waals surface area contributed by atoms with Crippen molar-refractivity contribution in [3.63, 3.8) is 0 Å². The Bertz CT molecular complexity index is 329. The highest BCUT2D eigenvalue weighted by Crippen LogP contribution is 2.28. The average Bonchev–Trinajstić information content (AvgIpc) is 2.97. The minimum absolute atomic E-state index is 0.0357. The molecule has 0 spiro atoms. The molecule has 2 fully saturated rings. The third-order valence-electron chi connectivity index (χ3n) is 5.01. The Morgan fingerprint density at radius 3 is 2.52 bits per heavy atom. The molecule has 1 unspecified atom stereocenters. The molecule has 1 heterocycles. The largest absolute Gasteiger partial charge is 0.364 e. The summed E-state index contributed by atoms with van der Waals surface area (Å²) in [5.41, 5.74) is 5.59. The second-order valence-corrected chi connectivity index (χ2v) is 6.73. The van der Waals surface area contributed by atoms with E-state index in [-0.39, 0.29) is 18.1 Å². The zero-order chi connectivity index (χ0) is 15.2. The summed E-state index contributed by atoms with van der Waals surface area (Å²) in [6, 6.07) is 0.431. The first-order chi connectivity index (χ1) is 10.1. The van der Waals surface area contributed by atoms with Crippen LogP contribution in [0.4, 0.5) is 0 Å². The van der Waals surface area contributed by atoms with E-state index in [1.165, 1.54) is 32.1 Å². The molecule has 3 atom stereocenters. The number of nitrogens with one attached hydrogen (secondary N) is 1. The molecule has 1 saturated carbocycles. The summed E-state index contributed by atoms with van der Waals surface area (Å²) in [6.07, 6.45) is 8.04. The van der Waals surface area contributed by atoms with Gasteiger partial charge in [-0.1, -0.05) is 19.3 Å². The lowest BCUT2D eigenvalue weighted by molar-refractivity contribution is -0.132. The predicted molar refractivity (Wildman–Crippen MR) is 84.0 cm³/mol. The van der Waals surface area contributed by atoms with E-state index in [0.717, 1.165) is 19.4 Å². The molecule has 21 heavy (non-hydrogen) atoms. The average molecular weight is 297 g/mol. The molecular formula is C16H31N3O2. The van der Waals surface area contributed by atoms with Gasteiger partial charge in [-0.15, -0.1) is 0 Å². The van der Waals surface area contributed by atoms with Crippen LogP contribution >= 0.6 is 0 Å². The second kappa shape index (κ2) is 8.11. The fourth-order valence-electron chi connectivity index (χ4n) is 3.68. The van der Waals surface area contributed by atoms with Gasteiger partial charge in [-0.3, -0.25) is 4.79 Å². The standard InChI is InChI=1S/C16H31N3O2/c1-19(2)14(12-6-4-3-5-7-12)11-18-16(20)15-9-8-13(10-17)21-15/h12-15H,3-11,17H2,1-2H3,(H,18,20)/t13-,14?,15+/m1/s1. The number of hydrogen-bond acceptors (Lipinski definition) is 4. The van der Waals surface area contributed by atoms with Crippen molar-refractivity contribution in [1.82, 2.24) is 10.2 Å². The van der Waals surface area contributed by atoms with Crippen LogP contribution in [0.5, 0.6) is 0 Å². The lowest BCUT2D eigenvalue weighted by Crippen LogP contribution is -2.47. The van der Waals surface area contributed by atoms with Crippen LogP contribution in [0.25, 0.3) is 0 Å². The molecule has 5 nitrogen and oxygen atoms in total. The smallest absolute Gasteiger partial charge is 0.249 e. The van der Waals surface area contributed by atoms with Gasteiger partial charge in [0, 0.05) is 19.1 Å². The first-order valence-electron chi connectivity index (χ1n) is 8.41. The van der Waals surface area contributed by atoms with Crippen LogP contribution in [0.1, 0.15) is 44.9 Å². The molecule has 2 aliphatic rings. The summed E-state index contributed by atoms with van der Waals surface area (Å²) in [7, 11) is 4.23. The molecule has 0 aromatic rings. The zero-order valence-electron chi connectivity index (χ0n) is 13.5. The van der Waals surface area contributed by atoms with Crippen LogP contribution in [-0.4, -0.2) is 56.2 Å². The maximum atomic E-state index is 12.2. The molecule has 5 heteroatoms. The Morgan fingerprint density at radius 2 is 1.95 bits per heavy atom. The Labute approximate surface area is 128 Å². The molecule has 1 saturated heterocycles. The van der Waals surface area contributed by atoms with Gasteiger partial charge in [-0.05, 0) is 45.7 Å². The van der Waals surface area contributed by atoms with Crippen LogP contribution in [0.3, 0.4) is 0 Å². The van der Waals surface area contributed by atoms with Crippen molar-refractivity contribution in [2.75, 3.05) is 27.2 Å². The molecule has 1 aliphatic heterocycles. The fraction of sp³-hybridized carbons (Fsp3) is 0.938. The number of carbonyl (C=O) groups is 1. The molecule has 1 aliphatic carbocycles. The van der Waals surface area contributed by atoms with E-state index >= 15 is 0 Å². The summed E-state index contributed by atoms with van der Waals surface area (Å²) < 4.78 is 5.66. The van der Waals surface area contributed by atoms with E-state index in [0.29, 0.717) is 18.5 Å². The van der Waals surface area contributed by atoms with Crippen LogP contribution < -0.4 is 11.1 Å². The van der Waals surface area contributed by atoms with Crippen molar-refractivity contribution in [1.29, 1.82) is 0 Å². The monoisotopic (exact) mass is 297 g/mol. The molecule has 0 bridgehead atoms. The molecule has 0 radical (unpaired) electrons. The van der Waals surface area contributed by atoms with Crippen molar-refractivity contribution < 1.29 is 9.53 Å². The molecule has 2 rings (SSSR count). The highest BCUT2D eigenvalue weighted by atomic mass is 16.5. The third kappa shape index (κ3) is 4.66. The second-order valence-electron chi connectivity index (χ2n) is 6.73. The summed E-state index contributed by atoms with van der Waals surface area (Å²) in [5.74, 6) is 0.740. The minimum atomic E-state index is -0.298. The van der Waals surface area contributed by atoms with E-state index in [1.54, 1.807) is 0 Å². The summed E-state index contributed by atoms with van der Waals surface area (Å²) in [6.45, 7) is 1.23. The number of likely N-dealkylation sites (N-methyl/N-ethyl adjacent to an activating group) is 1. The number of rotatable bonds is 6. The lowest BCUT2D eigenvalue weighted by atomic mass is 9.83. The number of carbonyl (C=O) groups excluding carboxylic acids is 1. The Kier molecular flexibility index (Phi) is 6.45.